The molecule has 1 saturated carbocycles. The van der Waals surface area contributed by atoms with Crippen LogP contribution in [-0.4, -0.2) is 24.3 Å². The van der Waals surface area contributed by atoms with E-state index in [0.717, 1.165) is 29.8 Å². The zero-order chi connectivity index (χ0) is 19.7. The van der Waals surface area contributed by atoms with Crippen molar-refractivity contribution in [2.45, 2.75) is 26.2 Å². The van der Waals surface area contributed by atoms with Gasteiger partial charge in [0.1, 0.15) is 0 Å². The molecule has 3 amide bonds. The molecule has 0 radical (unpaired) electrons. The van der Waals surface area contributed by atoms with Crippen LogP contribution >= 0.6 is 0 Å². The molecule has 144 valence electrons. The van der Waals surface area contributed by atoms with Gasteiger partial charge in [0.05, 0.1) is 5.92 Å². The zero-order valence-corrected chi connectivity index (χ0v) is 15.8. The largest absolute Gasteiger partial charge is 0.326 e. The first-order valence-corrected chi connectivity index (χ1v) is 9.58. The lowest BCUT2D eigenvalue weighted by molar-refractivity contribution is -0.122. The molecule has 2 N–H and O–H groups in total. The molecule has 1 aliphatic carbocycles. The van der Waals surface area contributed by atoms with Crippen LogP contribution in [0.4, 0.5) is 17.1 Å². The van der Waals surface area contributed by atoms with Crippen molar-refractivity contribution < 1.29 is 14.4 Å². The fourth-order valence-corrected chi connectivity index (χ4v) is 3.33. The second-order valence-corrected chi connectivity index (χ2v) is 7.57. The van der Waals surface area contributed by atoms with Crippen molar-refractivity contribution in [3.05, 3.63) is 54.1 Å². The number of hydrogen-bond acceptors (Lipinski definition) is 3. The third-order valence-corrected chi connectivity index (χ3v) is 5.21. The molecule has 2 aliphatic rings. The molecule has 2 aromatic carbocycles. The number of nitrogens with one attached hydrogen (secondary N) is 2. The van der Waals surface area contributed by atoms with Gasteiger partial charge in [-0.2, -0.15) is 0 Å². The summed E-state index contributed by atoms with van der Waals surface area (Å²) in [5.74, 6) is -0.392. The number of carbonyl (C=O) groups is 3. The minimum atomic E-state index is -0.386. The predicted octanol–water partition coefficient (Wildman–Crippen LogP) is 3.34. The van der Waals surface area contributed by atoms with Crippen molar-refractivity contribution in [1.82, 2.24) is 0 Å². The summed E-state index contributed by atoms with van der Waals surface area (Å²) in [5, 5.41) is 5.74. The van der Waals surface area contributed by atoms with Gasteiger partial charge in [0, 0.05) is 35.9 Å². The van der Waals surface area contributed by atoms with Crippen LogP contribution in [0.2, 0.25) is 0 Å². The SMILES string of the molecule is Cc1ccc(N2CC(C(=O)Nc3ccc(NC(=O)C4CC4)cc3)CC2=O)cc1. The molecular formula is C22H23N3O3. The van der Waals surface area contributed by atoms with Crippen LogP contribution in [0, 0.1) is 18.8 Å². The van der Waals surface area contributed by atoms with Crippen LogP contribution in [0.1, 0.15) is 24.8 Å². The summed E-state index contributed by atoms with van der Waals surface area (Å²) in [7, 11) is 0. The maximum atomic E-state index is 12.6. The van der Waals surface area contributed by atoms with E-state index in [1.807, 2.05) is 31.2 Å². The third kappa shape index (κ3) is 4.06. The van der Waals surface area contributed by atoms with Gasteiger partial charge >= 0.3 is 0 Å². The number of rotatable bonds is 5. The number of nitrogens with zero attached hydrogens (tertiary/aromatic N) is 1. The van der Waals surface area contributed by atoms with Crippen molar-refractivity contribution in [2.75, 3.05) is 22.1 Å². The Morgan fingerprint density at radius 2 is 1.39 bits per heavy atom. The van der Waals surface area contributed by atoms with E-state index in [-0.39, 0.29) is 36.0 Å². The minimum Gasteiger partial charge on any atom is -0.326 e. The molecular weight excluding hydrogens is 354 g/mol. The van der Waals surface area contributed by atoms with Gasteiger partial charge in [-0.05, 0) is 56.2 Å². The van der Waals surface area contributed by atoms with Gasteiger partial charge in [-0.25, -0.2) is 0 Å². The van der Waals surface area contributed by atoms with Crippen LogP contribution < -0.4 is 15.5 Å². The average Bonchev–Trinajstić information content (AvgIpc) is 3.46. The first kappa shape index (κ1) is 18.2. The number of benzene rings is 2. The van der Waals surface area contributed by atoms with E-state index in [9.17, 15) is 14.4 Å². The van der Waals surface area contributed by atoms with E-state index < -0.39 is 0 Å². The van der Waals surface area contributed by atoms with Gasteiger partial charge in [-0.3, -0.25) is 14.4 Å². The first-order chi connectivity index (χ1) is 13.5. The molecule has 1 saturated heterocycles. The lowest BCUT2D eigenvalue weighted by Crippen LogP contribution is -2.28. The zero-order valence-electron chi connectivity index (χ0n) is 15.8. The van der Waals surface area contributed by atoms with Crippen molar-refractivity contribution in [2.24, 2.45) is 11.8 Å². The quantitative estimate of drug-likeness (QED) is 0.839. The molecule has 28 heavy (non-hydrogen) atoms. The number of anilines is 3. The second-order valence-electron chi connectivity index (χ2n) is 7.57. The lowest BCUT2D eigenvalue weighted by Gasteiger charge is -2.17. The number of amides is 3. The minimum absolute atomic E-state index is 0.0397. The number of carbonyl (C=O) groups excluding carboxylic acids is 3. The number of hydrogen-bond donors (Lipinski definition) is 2. The van der Waals surface area contributed by atoms with Crippen LogP contribution in [0.25, 0.3) is 0 Å². The monoisotopic (exact) mass is 377 g/mol. The molecule has 2 fully saturated rings. The van der Waals surface area contributed by atoms with E-state index in [1.54, 1.807) is 29.2 Å². The van der Waals surface area contributed by atoms with Crippen LogP contribution in [0.3, 0.4) is 0 Å². The Morgan fingerprint density at radius 1 is 0.857 bits per heavy atom. The summed E-state index contributed by atoms with van der Waals surface area (Å²) in [5.41, 5.74) is 3.32. The molecule has 1 heterocycles. The fourth-order valence-electron chi connectivity index (χ4n) is 3.33. The molecule has 6 nitrogen and oxygen atoms in total. The average molecular weight is 377 g/mol. The Morgan fingerprint density at radius 3 is 1.93 bits per heavy atom. The van der Waals surface area contributed by atoms with Crippen LogP contribution in [-0.2, 0) is 14.4 Å². The molecule has 6 heteroatoms. The Balaban J connectivity index is 1.35. The molecule has 2 aromatic rings. The molecule has 1 aliphatic heterocycles. The Labute approximate surface area is 163 Å². The highest BCUT2D eigenvalue weighted by Crippen LogP contribution is 2.30. The predicted molar refractivity (Wildman–Crippen MR) is 108 cm³/mol. The maximum absolute atomic E-state index is 12.6. The summed E-state index contributed by atoms with van der Waals surface area (Å²) in [6.07, 6.45) is 2.12. The fraction of sp³-hybridized carbons (Fsp3) is 0.318. The standard InChI is InChI=1S/C22H23N3O3/c1-14-2-10-19(11-3-14)25-13-16(12-20(25)26)22(28)24-18-8-6-17(7-9-18)23-21(27)15-4-5-15/h2-3,6-11,15-16H,4-5,12-13H2,1H3,(H,23,27)(H,24,28). The first-order valence-electron chi connectivity index (χ1n) is 9.58. The highest BCUT2D eigenvalue weighted by molar-refractivity contribution is 6.03. The molecule has 1 unspecified atom stereocenters. The Kier molecular flexibility index (Phi) is 4.86. The normalized spacial score (nSPS) is 18.8. The van der Waals surface area contributed by atoms with Gasteiger partial charge < -0.3 is 15.5 Å². The molecule has 1 atom stereocenters. The Bertz CT molecular complexity index is 902. The summed E-state index contributed by atoms with van der Waals surface area (Å²) in [6, 6.07) is 14.8. The van der Waals surface area contributed by atoms with E-state index in [0.29, 0.717) is 12.2 Å². The van der Waals surface area contributed by atoms with E-state index in [1.165, 1.54) is 0 Å². The van der Waals surface area contributed by atoms with Gasteiger partial charge in [0.2, 0.25) is 17.7 Å². The molecule has 0 spiro atoms. The van der Waals surface area contributed by atoms with Crippen molar-refractivity contribution in [3.8, 4) is 0 Å². The van der Waals surface area contributed by atoms with Gasteiger partial charge in [-0.1, -0.05) is 17.7 Å². The third-order valence-electron chi connectivity index (χ3n) is 5.21. The Hall–Kier alpha value is -3.15. The van der Waals surface area contributed by atoms with Crippen LogP contribution in [0.15, 0.2) is 48.5 Å². The summed E-state index contributed by atoms with van der Waals surface area (Å²) >= 11 is 0. The van der Waals surface area contributed by atoms with E-state index in [2.05, 4.69) is 10.6 Å². The van der Waals surface area contributed by atoms with Gasteiger partial charge in [-0.15, -0.1) is 0 Å². The highest BCUT2D eigenvalue weighted by atomic mass is 16.2. The second kappa shape index (κ2) is 7.46. The van der Waals surface area contributed by atoms with Gasteiger partial charge in [0.25, 0.3) is 0 Å². The lowest BCUT2D eigenvalue weighted by atomic mass is 10.1. The van der Waals surface area contributed by atoms with Crippen LogP contribution in [0.5, 0.6) is 0 Å². The maximum Gasteiger partial charge on any atom is 0.229 e. The molecule has 4 rings (SSSR count). The van der Waals surface area contributed by atoms with E-state index >= 15 is 0 Å². The summed E-state index contributed by atoms with van der Waals surface area (Å²) in [6.45, 7) is 2.37. The summed E-state index contributed by atoms with van der Waals surface area (Å²) < 4.78 is 0. The van der Waals surface area contributed by atoms with Crippen molar-refractivity contribution in [1.29, 1.82) is 0 Å². The van der Waals surface area contributed by atoms with Crippen molar-refractivity contribution in [3.63, 3.8) is 0 Å². The molecule has 0 bridgehead atoms. The smallest absolute Gasteiger partial charge is 0.229 e. The molecule has 0 aromatic heterocycles. The highest BCUT2D eigenvalue weighted by Gasteiger charge is 2.35. The number of aryl methyl sites for hydroxylation is 1. The van der Waals surface area contributed by atoms with Gasteiger partial charge in [0.15, 0.2) is 0 Å². The van der Waals surface area contributed by atoms with E-state index in [4.69, 9.17) is 0 Å². The van der Waals surface area contributed by atoms with Crippen molar-refractivity contribution >= 4 is 34.8 Å². The topological polar surface area (TPSA) is 78.5 Å². The summed E-state index contributed by atoms with van der Waals surface area (Å²) in [4.78, 5) is 38.4.